The first-order valence-electron chi connectivity index (χ1n) is 26.3. The lowest BCUT2D eigenvalue weighted by Gasteiger charge is -2.27. The third kappa shape index (κ3) is 10.3. The van der Waals surface area contributed by atoms with Crippen LogP contribution in [-0.2, 0) is 37.3 Å². The van der Waals surface area contributed by atoms with E-state index in [2.05, 4.69) is 243 Å². The van der Waals surface area contributed by atoms with Crippen LogP contribution in [0.1, 0.15) is 197 Å². The van der Waals surface area contributed by atoms with Crippen molar-refractivity contribution in [2.24, 2.45) is 4.99 Å². The molecule has 6 aromatic rings. The number of ketones is 1. The van der Waals surface area contributed by atoms with Crippen LogP contribution in [0.2, 0.25) is 0 Å². The molecule has 0 spiro atoms. The van der Waals surface area contributed by atoms with E-state index in [0.717, 1.165) is 89.4 Å². The molecule has 73 heavy (non-hydrogen) atoms. The first-order chi connectivity index (χ1) is 33.8. The smallest absolute Gasteiger partial charge is 0.178 e. The number of nitrogens with one attached hydrogen (secondary N) is 3. The predicted molar refractivity (Wildman–Crippen MR) is 309 cm³/mol. The van der Waals surface area contributed by atoms with E-state index in [4.69, 9.17) is 4.99 Å². The van der Waals surface area contributed by atoms with Gasteiger partial charge in [-0.05, 0) is 149 Å². The molecule has 2 aliphatic heterocycles. The molecule has 8 bridgehead atoms. The second kappa shape index (κ2) is 17.7. The molecule has 376 valence electrons. The lowest BCUT2D eigenvalue weighted by molar-refractivity contribution is -0.110. The zero-order valence-corrected chi connectivity index (χ0v) is 47.0. The second-order valence-corrected chi connectivity index (χ2v) is 27.0. The summed E-state index contributed by atoms with van der Waals surface area (Å²) in [6.45, 7) is 41.4. The summed E-state index contributed by atoms with van der Waals surface area (Å²) in [4.78, 5) is 30.5. The van der Waals surface area contributed by atoms with Gasteiger partial charge in [0, 0.05) is 55.8 Å². The van der Waals surface area contributed by atoms with E-state index in [0.29, 0.717) is 0 Å². The van der Waals surface area contributed by atoms with E-state index < -0.39 is 0 Å². The lowest BCUT2D eigenvalue weighted by Crippen LogP contribution is -2.21. The van der Waals surface area contributed by atoms with E-state index in [1.807, 2.05) is 12.2 Å². The SMILES string of the molecule is CC(C)(C)c1cc(/C2=C3\C=CC(=N3)C(=C3C=CC(=O)C=C3)c3ccc([nH]3)/C(c3cc(C(C)(C)C)cc(C(C)(C)C)c3)=c3/cc/c([nH]3)=C(\c3cc(C(C)(C)C)cc(C(C)(C)C)c3)c3ccc2[nH]3)cc(C(C)(C)C)c1. The Balaban J connectivity index is 1.47. The summed E-state index contributed by atoms with van der Waals surface area (Å²) < 4.78 is 0. The first kappa shape index (κ1) is 51.2. The number of rotatable bonds is 3. The Morgan fingerprint density at radius 2 is 0.644 bits per heavy atom. The van der Waals surface area contributed by atoms with Crippen molar-refractivity contribution in [1.29, 1.82) is 0 Å². The van der Waals surface area contributed by atoms with Gasteiger partial charge >= 0.3 is 0 Å². The minimum Gasteiger partial charge on any atom is -0.354 e. The minimum absolute atomic E-state index is 0.0325. The van der Waals surface area contributed by atoms with Crippen LogP contribution < -0.4 is 10.7 Å². The fourth-order valence-corrected chi connectivity index (χ4v) is 10.0. The molecule has 3 N–H and O–H groups in total. The Morgan fingerprint density at radius 3 is 0.986 bits per heavy atom. The molecular formula is C68H78N4O. The standard InChI is InChI=1S/C68H78N4O/c1-63(2,3)44-31-41(32-45(37-44)64(4,5)6)60-53-25-23-51(69-53)59(40-19-21-50(73)22-20-40)52-24-26-54(70-52)61(42-33-46(65(7,8)9)38-47(34-42)66(10,11)12)56-28-30-58(72-56)62(57-29-27-55(60)71-57)43-35-48(67(13,14)15)39-49(36-43)68(16,17)18/h19-39,69,71-72H,1-18H3/b60-55-,61-54-,62-57-. The van der Waals surface area contributed by atoms with Crippen LogP contribution in [0.5, 0.6) is 0 Å². The molecule has 1 aliphatic carbocycles. The number of aliphatic imine (C=N–C) groups is 1. The van der Waals surface area contributed by atoms with Gasteiger partial charge in [0.1, 0.15) is 0 Å². The summed E-state index contributed by atoms with van der Waals surface area (Å²) in [5, 5.41) is 2.01. The number of allylic oxidation sites excluding steroid dienone is 8. The number of fused-ring (bicyclic) bond motifs is 7. The van der Waals surface area contributed by atoms with Crippen LogP contribution in [0.15, 0.2) is 144 Å². The number of H-pyrrole nitrogens is 3. The Kier molecular flexibility index (Phi) is 12.4. The number of hydrogen-bond donors (Lipinski definition) is 3. The van der Waals surface area contributed by atoms with Crippen LogP contribution in [0.4, 0.5) is 0 Å². The first-order valence-corrected chi connectivity index (χ1v) is 26.3. The number of aromatic amines is 3. The summed E-state index contributed by atoms with van der Waals surface area (Å²) in [6, 6.07) is 34.9. The Bertz CT molecular complexity index is 3430. The molecule has 0 unspecified atom stereocenters. The van der Waals surface area contributed by atoms with Crippen molar-refractivity contribution in [3.63, 3.8) is 0 Å². The summed E-state index contributed by atoms with van der Waals surface area (Å²) >= 11 is 0. The van der Waals surface area contributed by atoms with Crippen LogP contribution in [-0.4, -0.2) is 26.4 Å². The molecular weight excluding hydrogens is 889 g/mol. The number of aromatic nitrogens is 3. The van der Waals surface area contributed by atoms with E-state index in [-0.39, 0.29) is 38.3 Å². The summed E-state index contributed by atoms with van der Waals surface area (Å²) in [5.41, 5.74) is 21.0. The van der Waals surface area contributed by atoms with Gasteiger partial charge in [0.05, 0.1) is 11.4 Å². The monoisotopic (exact) mass is 967 g/mol. The van der Waals surface area contributed by atoms with E-state index in [9.17, 15) is 4.79 Å². The average Bonchev–Trinajstić information content (AvgIpc) is 4.13. The normalized spacial score (nSPS) is 18.3. The molecule has 9 rings (SSSR count). The van der Waals surface area contributed by atoms with Crippen LogP contribution in [0.25, 0.3) is 22.3 Å². The lowest BCUT2D eigenvalue weighted by atomic mass is 9.78. The van der Waals surface area contributed by atoms with Gasteiger partial charge in [-0.1, -0.05) is 191 Å². The van der Waals surface area contributed by atoms with Crippen molar-refractivity contribution >= 4 is 33.8 Å². The third-order valence-electron chi connectivity index (χ3n) is 14.8. The van der Waals surface area contributed by atoms with Crippen LogP contribution in [0.3, 0.4) is 0 Å². The van der Waals surface area contributed by atoms with Gasteiger partial charge in [0.15, 0.2) is 5.78 Å². The van der Waals surface area contributed by atoms with E-state index >= 15 is 0 Å². The fourth-order valence-electron chi connectivity index (χ4n) is 10.0. The van der Waals surface area contributed by atoms with Gasteiger partial charge in [0.2, 0.25) is 0 Å². The molecule has 0 amide bonds. The van der Waals surface area contributed by atoms with E-state index in [1.54, 1.807) is 12.2 Å². The Labute approximate surface area is 435 Å². The van der Waals surface area contributed by atoms with E-state index in [1.165, 1.54) is 33.4 Å². The highest BCUT2D eigenvalue weighted by atomic mass is 16.1. The molecule has 5 heterocycles. The molecule has 0 radical (unpaired) electrons. The van der Waals surface area contributed by atoms with Crippen molar-refractivity contribution < 1.29 is 4.79 Å². The number of carbonyl (C=O) groups excluding carboxylic acids is 1. The summed E-state index contributed by atoms with van der Waals surface area (Å²) in [6.07, 6.45) is 11.5. The highest BCUT2D eigenvalue weighted by Crippen LogP contribution is 2.41. The highest BCUT2D eigenvalue weighted by molar-refractivity contribution is 6.32. The van der Waals surface area contributed by atoms with Gasteiger partial charge in [-0.2, -0.15) is 0 Å². The number of hydrogen-bond acceptors (Lipinski definition) is 2. The molecule has 3 aromatic heterocycles. The maximum Gasteiger partial charge on any atom is 0.178 e. The largest absolute Gasteiger partial charge is 0.354 e. The molecule has 5 nitrogen and oxygen atoms in total. The topological polar surface area (TPSA) is 76.8 Å². The predicted octanol–water partition coefficient (Wildman–Crippen LogP) is 15.2. The number of nitrogens with zero attached hydrogens (tertiary/aromatic N) is 1. The van der Waals surface area contributed by atoms with Gasteiger partial charge in [0.25, 0.3) is 0 Å². The quantitative estimate of drug-likeness (QED) is 0.162. The fraction of sp³-hybridized carbons (Fsp3) is 0.353. The maximum atomic E-state index is 12.7. The molecule has 0 fully saturated rings. The Hall–Kier alpha value is -6.72. The van der Waals surface area contributed by atoms with Gasteiger partial charge < -0.3 is 15.0 Å². The Morgan fingerprint density at radius 1 is 0.329 bits per heavy atom. The van der Waals surface area contributed by atoms with Crippen molar-refractivity contribution in [3.8, 4) is 0 Å². The number of carbonyl (C=O) groups is 1. The van der Waals surface area contributed by atoms with Crippen LogP contribution in [0, 0.1) is 0 Å². The minimum atomic E-state index is -0.103. The molecule has 0 saturated carbocycles. The van der Waals surface area contributed by atoms with Gasteiger partial charge in [-0.15, -0.1) is 0 Å². The highest BCUT2D eigenvalue weighted by Gasteiger charge is 2.29. The zero-order valence-electron chi connectivity index (χ0n) is 47.0. The number of benzene rings is 3. The maximum absolute atomic E-state index is 12.7. The second-order valence-electron chi connectivity index (χ2n) is 27.0. The molecule has 3 aromatic carbocycles. The molecule has 3 aliphatic rings. The van der Waals surface area contributed by atoms with Gasteiger partial charge in [-0.25, -0.2) is 4.99 Å². The molecule has 0 saturated heterocycles. The average molecular weight is 967 g/mol. The summed E-state index contributed by atoms with van der Waals surface area (Å²) in [5.74, 6) is -0.0325. The van der Waals surface area contributed by atoms with Crippen molar-refractivity contribution in [1.82, 2.24) is 15.0 Å². The van der Waals surface area contributed by atoms with Crippen molar-refractivity contribution in [2.45, 2.75) is 157 Å². The third-order valence-corrected chi connectivity index (χ3v) is 14.8. The van der Waals surface area contributed by atoms with Crippen LogP contribution >= 0.6 is 0 Å². The van der Waals surface area contributed by atoms with Gasteiger partial charge in [-0.3, -0.25) is 4.79 Å². The van der Waals surface area contributed by atoms with Crippen molar-refractivity contribution in [2.75, 3.05) is 0 Å². The molecule has 5 heteroatoms. The molecule has 0 atom stereocenters. The summed E-state index contributed by atoms with van der Waals surface area (Å²) in [7, 11) is 0. The van der Waals surface area contributed by atoms with Crippen molar-refractivity contribution in [3.05, 3.63) is 222 Å². The zero-order chi connectivity index (χ0) is 53.0.